The van der Waals surface area contributed by atoms with Crippen molar-refractivity contribution in [2.45, 2.75) is 6.18 Å². The van der Waals surface area contributed by atoms with Crippen molar-refractivity contribution >= 4 is 17.3 Å². The number of nitrogens with two attached hydrogens (primary N) is 1. The number of rotatable bonds is 5. The van der Waals surface area contributed by atoms with Crippen molar-refractivity contribution in [3.8, 4) is 22.8 Å². The maximum atomic E-state index is 12.9. The van der Waals surface area contributed by atoms with Crippen LogP contribution in [0.3, 0.4) is 0 Å². The zero-order valence-electron chi connectivity index (χ0n) is 16.3. The van der Waals surface area contributed by atoms with Crippen molar-refractivity contribution < 1.29 is 17.9 Å². The lowest BCUT2D eigenvalue weighted by atomic mass is 10.1. The number of anilines is 3. The highest BCUT2D eigenvalue weighted by atomic mass is 19.4. The van der Waals surface area contributed by atoms with E-state index in [2.05, 4.69) is 20.4 Å². The molecule has 2 heterocycles. The minimum Gasteiger partial charge on any atom is -0.438 e. The minimum atomic E-state index is -4.42. The molecule has 0 fully saturated rings. The second-order valence-electron chi connectivity index (χ2n) is 6.69. The van der Waals surface area contributed by atoms with E-state index < -0.39 is 11.7 Å². The summed E-state index contributed by atoms with van der Waals surface area (Å²) in [4.78, 5) is 8.67. The van der Waals surface area contributed by atoms with Gasteiger partial charge in [0, 0.05) is 31.2 Å². The van der Waals surface area contributed by atoms with Gasteiger partial charge in [-0.1, -0.05) is 18.2 Å². The van der Waals surface area contributed by atoms with Crippen LogP contribution in [0.4, 0.5) is 30.5 Å². The molecule has 0 amide bonds. The van der Waals surface area contributed by atoms with Gasteiger partial charge in [0.1, 0.15) is 5.75 Å². The molecule has 31 heavy (non-hydrogen) atoms. The standard InChI is InChI=1S/C21H17F3N6O/c1-30-12-16(10-27-30)28-20-26-11-18(13-5-7-14(8-6-13)21(22,23)24)19(29-20)31-17-4-2-3-15(25)9-17/h2-12H,25H2,1H3,(H,26,28,29). The Kier molecular flexibility index (Phi) is 5.20. The predicted molar refractivity (Wildman–Crippen MR) is 110 cm³/mol. The van der Waals surface area contributed by atoms with Crippen LogP contribution in [0.1, 0.15) is 5.56 Å². The number of halogens is 3. The summed E-state index contributed by atoms with van der Waals surface area (Å²) in [6.45, 7) is 0. The number of benzene rings is 2. The summed E-state index contributed by atoms with van der Waals surface area (Å²) in [5.74, 6) is 0.827. The average Bonchev–Trinajstić information content (AvgIpc) is 3.12. The first-order chi connectivity index (χ1) is 14.8. The van der Waals surface area contributed by atoms with Crippen LogP contribution in [0.5, 0.6) is 11.6 Å². The third-order valence-corrected chi connectivity index (χ3v) is 4.31. The lowest BCUT2D eigenvalue weighted by Crippen LogP contribution is -2.04. The molecule has 4 rings (SSSR count). The number of nitrogens with zero attached hydrogens (tertiary/aromatic N) is 4. The lowest BCUT2D eigenvalue weighted by Gasteiger charge is -2.13. The van der Waals surface area contributed by atoms with E-state index in [0.29, 0.717) is 28.3 Å². The van der Waals surface area contributed by atoms with E-state index in [9.17, 15) is 13.2 Å². The van der Waals surface area contributed by atoms with Crippen molar-refractivity contribution in [2.75, 3.05) is 11.1 Å². The Balaban J connectivity index is 1.72. The van der Waals surface area contributed by atoms with Gasteiger partial charge in [0.15, 0.2) is 0 Å². The van der Waals surface area contributed by atoms with Gasteiger partial charge in [-0.05, 0) is 29.8 Å². The number of ether oxygens (including phenoxy) is 1. The minimum absolute atomic E-state index is 0.159. The topological polar surface area (TPSA) is 90.9 Å². The maximum absolute atomic E-state index is 12.9. The molecule has 4 aromatic rings. The number of alkyl halides is 3. The summed E-state index contributed by atoms with van der Waals surface area (Å²) in [6.07, 6.45) is 0.403. The summed E-state index contributed by atoms with van der Waals surface area (Å²) in [5, 5.41) is 7.08. The van der Waals surface area contributed by atoms with E-state index in [4.69, 9.17) is 10.5 Å². The van der Waals surface area contributed by atoms with Crippen molar-refractivity contribution in [2.24, 2.45) is 7.05 Å². The smallest absolute Gasteiger partial charge is 0.416 e. The molecule has 0 bridgehead atoms. The summed E-state index contributed by atoms with van der Waals surface area (Å²) in [7, 11) is 1.77. The molecule has 0 unspecified atom stereocenters. The van der Waals surface area contributed by atoms with Gasteiger partial charge in [-0.3, -0.25) is 4.68 Å². The highest BCUT2D eigenvalue weighted by Gasteiger charge is 2.30. The Morgan fingerprint density at radius 3 is 2.48 bits per heavy atom. The number of nitrogen functional groups attached to an aromatic ring is 1. The van der Waals surface area contributed by atoms with E-state index in [1.165, 1.54) is 18.3 Å². The fourth-order valence-electron chi connectivity index (χ4n) is 2.85. The first-order valence-corrected chi connectivity index (χ1v) is 9.12. The van der Waals surface area contributed by atoms with E-state index in [0.717, 1.165) is 12.1 Å². The van der Waals surface area contributed by atoms with Crippen LogP contribution in [0, 0.1) is 0 Å². The fourth-order valence-corrected chi connectivity index (χ4v) is 2.85. The van der Waals surface area contributed by atoms with Gasteiger partial charge in [-0.25, -0.2) is 4.98 Å². The van der Waals surface area contributed by atoms with Gasteiger partial charge < -0.3 is 15.8 Å². The molecule has 3 N–H and O–H groups in total. The molecule has 0 aliphatic heterocycles. The monoisotopic (exact) mass is 426 g/mol. The van der Waals surface area contributed by atoms with Crippen molar-refractivity contribution in [1.82, 2.24) is 19.7 Å². The van der Waals surface area contributed by atoms with Gasteiger partial charge in [-0.15, -0.1) is 0 Å². The zero-order valence-corrected chi connectivity index (χ0v) is 16.3. The zero-order chi connectivity index (χ0) is 22.0. The quantitative estimate of drug-likeness (QED) is 0.436. The van der Waals surface area contributed by atoms with Crippen LogP contribution < -0.4 is 15.8 Å². The molecule has 158 valence electrons. The molecular formula is C21H17F3N6O. The van der Waals surface area contributed by atoms with Crippen molar-refractivity contribution in [1.29, 1.82) is 0 Å². The Labute approximate surface area is 175 Å². The summed E-state index contributed by atoms with van der Waals surface area (Å²) >= 11 is 0. The lowest BCUT2D eigenvalue weighted by molar-refractivity contribution is -0.137. The predicted octanol–water partition coefficient (Wildman–Crippen LogP) is 5.01. The Bertz CT molecular complexity index is 1200. The Hall–Kier alpha value is -4.08. The Morgan fingerprint density at radius 1 is 1.06 bits per heavy atom. The normalized spacial score (nSPS) is 11.4. The molecule has 10 heteroatoms. The second kappa shape index (κ2) is 7.98. The van der Waals surface area contributed by atoms with Crippen molar-refractivity contribution in [3.63, 3.8) is 0 Å². The Morgan fingerprint density at radius 2 is 1.84 bits per heavy atom. The molecule has 0 saturated carbocycles. The third kappa shape index (κ3) is 4.74. The van der Waals surface area contributed by atoms with Gasteiger partial charge in [-0.2, -0.15) is 23.3 Å². The van der Waals surface area contributed by atoms with E-state index >= 15 is 0 Å². The van der Waals surface area contributed by atoms with E-state index in [1.807, 2.05) is 0 Å². The van der Waals surface area contributed by atoms with Crippen LogP contribution >= 0.6 is 0 Å². The van der Waals surface area contributed by atoms with Gasteiger partial charge in [0.05, 0.1) is 23.0 Å². The first-order valence-electron chi connectivity index (χ1n) is 9.12. The molecule has 0 aliphatic carbocycles. The highest BCUT2D eigenvalue weighted by Crippen LogP contribution is 2.35. The maximum Gasteiger partial charge on any atom is 0.416 e. The molecular weight excluding hydrogens is 409 g/mol. The van der Waals surface area contributed by atoms with E-state index in [-0.39, 0.29) is 11.8 Å². The van der Waals surface area contributed by atoms with Crippen LogP contribution in [-0.2, 0) is 13.2 Å². The highest BCUT2D eigenvalue weighted by molar-refractivity contribution is 5.70. The van der Waals surface area contributed by atoms with Crippen LogP contribution in [0.2, 0.25) is 0 Å². The van der Waals surface area contributed by atoms with Gasteiger partial charge >= 0.3 is 6.18 Å². The number of nitrogens with one attached hydrogen (secondary N) is 1. The molecule has 2 aromatic heterocycles. The van der Waals surface area contributed by atoms with E-state index in [1.54, 1.807) is 48.4 Å². The molecule has 0 atom stereocenters. The first kappa shape index (κ1) is 20.2. The summed E-state index contributed by atoms with van der Waals surface area (Å²) < 4.78 is 46.3. The molecule has 7 nitrogen and oxygen atoms in total. The van der Waals surface area contributed by atoms with Crippen LogP contribution in [0.15, 0.2) is 67.1 Å². The third-order valence-electron chi connectivity index (χ3n) is 4.31. The number of hydrogen-bond acceptors (Lipinski definition) is 6. The molecule has 0 spiro atoms. The van der Waals surface area contributed by atoms with Crippen LogP contribution in [-0.4, -0.2) is 19.7 Å². The molecule has 0 radical (unpaired) electrons. The largest absolute Gasteiger partial charge is 0.438 e. The summed E-state index contributed by atoms with van der Waals surface area (Å²) in [5.41, 5.74) is 7.13. The van der Waals surface area contributed by atoms with Crippen LogP contribution in [0.25, 0.3) is 11.1 Å². The van der Waals surface area contributed by atoms with Gasteiger partial charge in [0.25, 0.3) is 0 Å². The molecule has 0 aliphatic rings. The SMILES string of the molecule is Cn1cc(Nc2ncc(-c3ccc(C(F)(F)F)cc3)c(Oc3cccc(N)c3)n2)cn1. The number of aryl methyl sites for hydroxylation is 1. The fraction of sp³-hybridized carbons (Fsp3) is 0.0952. The average molecular weight is 426 g/mol. The number of aromatic nitrogens is 4. The number of hydrogen-bond donors (Lipinski definition) is 2. The summed E-state index contributed by atoms with van der Waals surface area (Å²) in [6, 6.07) is 11.4. The second-order valence-corrected chi connectivity index (χ2v) is 6.69. The van der Waals surface area contributed by atoms with Crippen molar-refractivity contribution in [3.05, 3.63) is 72.7 Å². The van der Waals surface area contributed by atoms with Gasteiger partial charge in [0.2, 0.25) is 11.8 Å². The molecule has 0 saturated heterocycles. The molecule has 2 aromatic carbocycles.